The van der Waals surface area contributed by atoms with Gasteiger partial charge in [-0.1, -0.05) is 41.9 Å². The van der Waals surface area contributed by atoms with Crippen molar-refractivity contribution in [2.24, 2.45) is 0 Å². The molecular formula is C15H9ClO2. The first-order valence-electron chi connectivity index (χ1n) is 5.52. The summed E-state index contributed by atoms with van der Waals surface area (Å²) in [6.07, 6.45) is 0.821. The van der Waals surface area contributed by atoms with Crippen molar-refractivity contribution in [2.45, 2.75) is 0 Å². The predicted octanol–water partition coefficient (Wildman–Crippen LogP) is 4.57. The Morgan fingerprint density at radius 3 is 2.67 bits per heavy atom. The van der Waals surface area contributed by atoms with Gasteiger partial charge in [-0.3, -0.25) is 4.79 Å². The second-order valence-corrected chi connectivity index (χ2v) is 4.41. The molecule has 0 amide bonds. The lowest BCUT2D eigenvalue weighted by atomic mass is 10.1. The molecule has 0 aliphatic carbocycles. The average Bonchev–Trinajstić information content (AvgIpc) is 2.77. The van der Waals surface area contributed by atoms with E-state index in [1.807, 2.05) is 36.4 Å². The Kier molecular flexibility index (Phi) is 2.65. The maximum Gasteiger partial charge on any atom is 0.154 e. The van der Waals surface area contributed by atoms with E-state index in [2.05, 4.69) is 0 Å². The number of para-hydroxylation sites is 1. The summed E-state index contributed by atoms with van der Waals surface area (Å²) in [6, 6.07) is 14.7. The summed E-state index contributed by atoms with van der Waals surface area (Å²) >= 11 is 5.96. The number of rotatable bonds is 2. The van der Waals surface area contributed by atoms with E-state index < -0.39 is 0 Å². The van der Waals surface area contributed by atoms with Crippen LogP contribution in [0, 0.1) is 0 Å². The van der Waals surface area contributed by atoms with Gasteiger partial charge >= 0.3 is 0 Å². The average molecular weight is 257 g/mol. The normalized spacial score (nSPS) is 10.7. The first kappa shape index (κ1) is 11.1. The molecule has 2 nitrogen and oxygen atoms in total. The number of hydrogen-bond acceptors (Lipinski definition) is 2. The number of benzene rings is 2. The van der Waals surface area contributed by atoms with Crippen LogP contribution >= 0.6 is 11.6 Å². The molecular weight excluding hydrogens is 248 g/mol. The molecule has 0 aliphatic rings. The molecule has 3 aromatic rings. The number of hydrogen-bond donors (Lipinski definition) is 0. The highest BCUT2D eigenvalue weighted by Gasteiger charge is 2.14. The molecule has 0 N–H and O–H groups in total. The molecule has 0 saturated heterocycles. The number of aldehydes is 1. The number of fused-ring (bicyclic) bond motifs is 1. The van der Waals surface area contributed by atoms with Crippen LogP contribution in [0.4, 0.5) is 0 Å². The lowest BCUT2D eigenvalue weighted by Crippen LogP contribution is -1.82. The quantitative estimate of drug-likeness (QED) is 0.629. The Morgan fingerprint density at radius 1 is 1.06 bits per heavy atom. The summed E-state index contributed by atoms with van der Waals surface area (Å²) in [7, 11) is 0. The van der Waals surface area contributed by atoms with Crippen LogP contribution in [0.15, 0.2) is 52.9 Å². The maximum absolute atomic E-state index is 11.3. The van der Waals surface area contributed by atoms with Crippen molar-refractivity contribution in [3.63, 3.8) is 0 Å². The van der Waals surface area contributed by atoms with E-state index in [9.17, 15) is 4.79 Å². The Morgan fingerprint density at radius 2 is 1.89 bits per heavy atom. The summed E-state index contributed by atoms with van der Waals surface area (Å²) in [4.78, 5) is 11.3. The summed E-state index contributed by atoms with van der Waals surface area (Å²) in [5.74, 6) is 0.564. The Labute approximate surface area is 109 Å². The summed E-state index contributed by atoms with van der Waals surface area (Å²) in [5.41, 5.74) is 2.07. The van der Waals surface area contributed by atoms with Gasteiger partial charge in [0, 0.05) is 16.0 Å². The molecule has 0 saturated carbocycles. The summed E-state index contributed by atoms with van der Waals surface area (Å²) in [6.45, 7) is 0. The lowest BCUT2D eigenvalue weighted by Gasteiger charge is -1.98. The monoisotopic (exact) mass is 256 g/mol. The van der Waals surface area contributed by atoms with Gasteiger partial charge in [-0.15, -0.1) is 0 Å². The Balaban J connectivity index is 2.32. The number of carbonyl (C=O) groups excluding carboxylic acids is 1. The third-order valence-electron chi connectivity index (χ3n) is 2.84. The Bertz CT molecular complexity index is 728. The first-order chi connectivity index (χ1) is 8.79. The minimum atomic E-state index is 0.563. The first-order valence-corrected chi connectivity index (χ1v) is 5.90. The summed E-state index contributed by atoms with van der Waals surface area (Å²) in [5, 5.41) is 1.44. The van der Waals surface area contributed by atoms with Crippen molar-refractivity contribution >= 4 is 28.9 Å². The SMILES string of the molecule is O=Cc1c(-c2cccc(Cl)c2)oc2ccccc12. The van der Waals surface area contributed by atoms with Gasteiger partial charge in [0.15, 0.2) is 6.29 Å². The number of carbonyl (C=O) groups is 1. The van der Waals surface area contributed by atoms with Gasteiger partial charge in [0.1, 0.15) is 11.3 Å². The Hall–Kier alpha value is -2.06. The van der Waals surface area contributed by atoms with Crippen LogP contribution in [-0.4, -0.2) is 6.29 Å². The topological polar surface area (TPSA) is 30.2 Å². The molecule has 2 aromatic carbocycles. The van der Waals surface area contributed by atoms with Crippen LogP contribution in [0.5, 0.6) is 0 Å². The number of halogens is 1. The zero-order chi connectivity index (χ0) is 12.5. The van der Waals surface area contributed by atoms with Gasteiger partial charge in [-0.25, -0.2) is 0 Å². The fraction of sp³-hybridized carbons (Fsp3) is 0. The molecule has 18 heavy (non-hydrogen) atoms. The van der Waals surface area contributed by atoms with Gasteiger partial charge in [-0.05, 0) is 18.2 Å². The minimum Gasteiger partial charge on any atom is -0.455 e. The fourth-order valence-electron chi connectivity index (χ4n) is 2.03. The van der Waals surface area contributed by atoms with Gasteiger partial charge in [0.2, 0.25) is 0 Å². The molecule has 88 valence electrons. The van der Waals surface area contributed by atoms with Gasteiger partial charge in [0.05, 0.1) is 5.56 Å². The third-order valence-corrected chi connectivity index (χ3v) is 3.07. The highest BCUT2D eigenvalue weighted by molar-refractivity contribution is 6.30. The largest absolute Gasteiger partial charge is 0.455 e. The van der Waals surface area contributed by atoms with Gasteiger partial charge < -0.3 is 4.42 Å². The van der Waals surface area contributed by atoms with Gasteiger partial charge in [0.25, 0.3) is 0 Å². The van der Waals surface area contributed by atoms with Crippen LogP contribution in [0.2, 0.25) is 5.02 Å². The van der Waals surface area contributed by atoms with Crippen molar-refractivity contribution in [1.29, 1.82) is 0 Å². The van der Waals surface area contributed by atoms with E-state index in [0.717, 1.165) is 17.2 Å². The standard InChI is InChI=1S/C15H9ClO2/c16-11-5-3-4-10(8-11)15-13(9-17)12-6-1-2-7-14(12)18-15/h1-9H. The molecule has 1 heterocycles. The van der Waals surface area contributed by atoms with Crippen LogP contribution in [-0.2, 0) is 0 Å². The number of furan rings is 1. The van der Waals surface area contributed by atoms with Crippen LogP contribution in [0.25, 0.3) is 22.3 Å². The molecule has 0 bridgehead atoms. The molecule has 0 radical (unpaired) electrons. The van der Waals surface area contributed by atoms with E-state index in [1.54, 1.807) is 12.1 Å². The molecule has 0 aliphatic heterocycles. The smallest absolute Gasteiger partial charge is 0.154 e. The zero-order valence-electron chi connectivity index (χ0n) is 9.39. The fourth-order valence-corrected chi connectivity index (χ4v) is 2.22. The van der Waals surface area contributed by atoms with E-state index >= 15 is 0 Å². The van der Waals surface area contributed by atoms with Crippen LogP contribution in [0.1, 0.15) is 10.4 Å². The maximum atomic E-state index is 11.3. The van der Waals surface area contributed by atoms with E-state index in [1.165, 1.54) is 0 Å². The highest BCUT2D eigenvalue weighted by atomic mass is 35.5. The predicted molar refractivity (Wildman–Crippen MR) is 72.0 cm³/mol. The molecule has 1 aromatic heterocycles. The molecule has 0 atom stereocenters. The minimum absolute atomic E-state index is 0.563. The van der Waals surface area contributed by atoms with Crippen molar-refractivity contribution < 1.29 is 9.21 Å². The molecule has 0 spiro atoms. The summed E-state index contributed by atoms with van der Waals surface area (Å²) < 4.78 is 5.74. The molecule has 3 heteroatoms. The van der Waals surface area contributed by atoms with E-state index in [0.29, 0.717) is 21.9 Å². The third kappa shape index (κ3) is 1.71. The molecule has 0 unspecified atom stereocenters. The van der Waals surface area contributed by atoms with Crippen molar-refractivity contribution in [3.05, 3.63) is 59.1 Å². The van der Waals surface area contributed by atoms with Crippen LogP contribution in [0.3, 0.4) is 0 Å². The second-order valence-electron chi connectivity index (χ2n) is 3.97. The van der Waals surface area contributed by atoms with Crippen LogP contribution < -0.4 is 0 Å². The zero-order valence-corrected chi connectivity index (χ0v) is 10.1. The van der Waals surface area contributed by atoms with Gasteiger partial charge in [-0.2, -0.15) is 0 Å². The highest BCUT2D eigenvalue weighted by Crippen LogP contribution is 2.33. The van der Waals surface area contributed by atoms with E-state index in [-0.39, 0.29) is 0 Å². The van der Waals surface area contributed by atoms with Crippen molar-refractivity contribution in [1.82, 2.24) is 0 Å². The second kappa shape index (κ2) is 4.31. The van der Waals surface area contributed by atoms with Crippen molar-refractivity contribution in [2.75, 3.05) is 0 Å². The van der Waals surface area contributed by atoms with E-state index in [4.69, 9.17) is 16.0 Å². The molecule has 3 rings (SSSR count). The lowest BCUT2D eigenvalue weighted by molar-refractivity contribution is 0.112. The van der Waals surface area contributed by atoms with Crippen molar-refractivity contribution in [3.8, 4) is 11.3 Å². The molecule has 0 fully saturated rings.